The van der Waals surface area contributed by atoms with Gasteiger partial charge in [0, 0.05) is 0 Å². The number of nitriles is 1. The van der Waals surface area contributed by atoms with E-state index in [2.05, 4.69) is 25.1 Å². The fourth-order valence-corrected chi connectivity index (χ4v) is 4.81. The molecule has 1 nitrogen and oxygen atoms in total. The average molecular weight is 347 g/mol. The predicted molar refractivity (Wildman–Crippen MR) is 103 cm³/mol. The summed E-state index contributed by atoms with van der Waals surface area (Å²) in [4.78, 5) is 0. The molecule has 4 rings (SSSR count). The van der Waals surface area contributed by atoms with E-state index in [1.54, 1.807) is 0 Å². The lowest BCUT2D eigenvalue weighted by molar-refractivity contribution is 0.347. The zero-order valence-electron chi connectivity index (χ0n) is 15.5. The first-order chi connectivity index (χ1) is 12.6. The lowest BCUT2D eigenvalue weighted by Crippen LogP contribution is -2.15. The van der Waals surface area contributed by atoms with Gasteiger partial charge in [0.15, 0.2) is 0 Å². The predicted octanol–water partition coefficient (Wildman–Crippen LogP) is 6.26. The van der Waals surface area contributed by atoms with E-state index in [1.165, 1.54) is 42.4 Å². The molecule has 0 N–H and O–H groups in total. The monoisotopic (exact) mass is 347 g/mol. The summed E-state index contributed by atoms with van der Waals surface area (Å²) in [6.07, 6.45) is 7.67. The first kappa shape index (κ1) is 17.3. The molecule has 1 fully saturated rings. The molecule has 26 heavy (non-hydrogen) atoms. The molecule has 0 aromatic heterocycles. The third-order valence-electron chi connectivity index (χ3n) is 6.52. The molecular formula is C24H26FN. The highest BCUT2D eigenvalue weighted by Crippen LogP contribution is 2.38. The molecule has 2 aliphatic rings. The number of nitrogens with zero attached hydrogens (tertiary/aromatic N) is 1. The van der Waals surface area contributed by atoms with Crippen LogP contribution in [0.4, 0.5) is 4.39 Å². The molecule has 0 radical (unpaired) electrons. The number of aryl methyl sites for hydroxylation is 1. The van der Waals surface area contributed by atoms with Crippen LogP contribution in [0.25, 0.3) is 0 Å². The largest absolute Gasteiger partial charge is 0.207 e. The van der Waals surface area contributed by atoms with Crippen molar-refractivity contribution in [1.82, 2.24) is 0 Å². The van der Waals surface area contributed by atoms with E-state index in [0.717, 1.165) is 36.3 Å². The minimum Gasteiger partial charge on any atom is -0.207 e. The van der Waals surface area contributed by atoms with Crippen molar-refractivity contribution >= 4 is 0 Å². The summed E-state index contributed by atoms with van der Waals surface area (Å²) in [5.41, 5.74) is 5.30. The number of fused-ring (bicyclic) bond motifs is 1. The molecule has 134 valence electrons. The molecule has 0 saturated heterocycles. The lowest BCUT2D eigenvalue weighted by atomic mass is 9.77. The van der Waals surface area contributed by atoms with Gasteiger partial charge in [-0.05, 0) is 90.3 Å². The highest BCUT2D eigenvalue weighted by Gasteiger charge is 2.25. The number of hydrogen-bond acceptors (Lipinski definition) is 1. The van der Waals surface area contributed by atoms with Crippen LogP contribution in [-0.2, 0) is 12.8 Å². The summed E-state index contributed by atoms with van der Waals surface area (Å²) < 4.78 is 14.9. The van der Waals surface area contributed by atoms with Crippen LogP contribution in [0.2, 0.25) is 0 Å². The third kappa shape index (κ3) is 3.40. The standard InChI is InChI=1S/C24H26FN/c1-16-2-5-18(6-3-16)21-10-11-23(24(25)14-21)22-9-8-19-12-17(15-26)4-7-20(19)13-22/h4,7,10-12,14,16,18,22H,2-3,5-6,8-9,13H2,1H3. The summed E-state index contributed by atoms with van der Waals surface area (Å²) in [7, 11) is 0. The summed E-state index contributed by atoms with van der Waals surface area (Å²) in [6.45, 7) is 2.32. The molecule has 2 aromatic rings. The lowest BCUT2D eigenvalue weighted by Gasteiger charge is -2.28. The van der Waals surface area contributed by atoms with Crippen LogP contribution in [0.5, 0.6) is 0 Å². The number of rotatable bonds is 2. The molecule has 1 saturated carbocycles. The Balaban J connectivity index is 1.52. The molecule has 2 aliphatic carbocycles. The average Bonchev–Trinajstić information content (AvgIpc) is 2.67. The molecule has 0 amide bonds. The molecule has 0 aliphatic heterocycles. The summed E-state index contributed by atoms with van der Waals surface area (Å²) in [5, 5.41) is 9.05. The quantitative estimate of drug-likeness (QED) is 0.628. The van der Waals surface area contributed by atoms with Gasteiger partial charge in [-0.1, -0.05) is 38.0 Å². The van der Waals surface area contributed by atoms with Crippen LogP contribution in [0.15, 0.2) is 36.4 Å². The van der Waals surface area contributed by atoms with Gasteiger partial charge in [-0.3, -0.25) is 0 Å². The third-order valence-corrected chi connectivity index (χ3v) is 6.52. The van der Waals surface area contributed by atoms with Gasteiger partial charge in [-0.25, -0.2) is 4.39 Å². The van der Waals surface area contributed by atoms with E-state index in [0.29, 0.717) is 5.92 Å². The van der Waals surface area contributed by atoms with Crippen molar-refractivity contribution in [1.29, 1.82) is 5.26 Å². The van der Waals surface area contributed by atoms with Crippen molar-refractivity contribution in [2.24, 2.45) is 5.92 Å². The first-order valence-electron chi connectivity index (χ1n) is 9.95. The Morgan fingerprint density at radius 2 is 1.73 bits per heavy atom. The van der Waals surface area contributed by atoms with Crippen molar-refractivity contribution in [3.8, 4) is 6.07 Å². The Morgan fingerprint density at radius 3 is 2.46 bits per heavy atom. The van der Waals surface area contributed by atoms with E-state index in [4.69, 9.17) is 5.26 Å². The van der Waals surface area contributed by atoms with Crippen molar-refractivity contribution in [3.05, 3.63) is 70.0 Å². The Labute approximate surface area is 155 Å². The number of hydrogen-bond donors (Lipinski definition) is 0. The van der Waals surface area contributed by atoms with Crippen molar-refractivity contribution in [3.63, 3.8) is 0 Å². The van der Waals surface area contributed by atoms with Gasteiger partial charge in [0.25, 0.3) is 0 Å². The van der Waals surface area contributed by atoms with Gasteiger partial charge in [0.05, 0.1) is 11.6 Å². The second-order valence-electron chi connectivity index (χ2n) is 8.27. The van der Waals surface area contributed by atoms with E-state index < -0.39 is 0 Å². The van der Waals surface area contributed by atoms with Gasteiger partial charge in [0.2, 0.25) is 0 Å². The fraction of sp³-hybridized carbons (Fsp3) is 0.458. The topological polar surface area (TPSA) is 23.8 Å². The maximum absolute atomic E-state index is 14.9. The smallest absolute Gasteiger partial charge is 0.126 e. The zero-order chi connectivity index (χ0) is 18.1. The van der Waals surface area contributed by atoms with Gasteiger partial charge in [-0.15, -0.1) is 0 Å². The normalized spacial score (nSPS) is 25.3. The Kier molecular flexibility index (Phi) is 4.81. The molecule has 1 atom stereocenters. The van der Waals surface area contributed by atoms with Crippen LogP contribution in [-0.4, -0.2) is 0 Å². The summed E-state index contributed by atoms with van der Waals surface area (Å²) in [6, 6.07) is 14.2. The Morgan fingerprint density at radius 1 is 0.923 bits per heavy atom. The molecule has 0 heterocycles. The molecule has 1 unspecified atom stereocenters. The van der Waals surface area contributed by atoms with E-state index in [-0.39, 0.29) is 11.7 Å². The molecule has 0 bridgehead atoms. The number of halogens is 1. The maximum Gasteiger partial charge on any atom is 0.126 e. The van der Waals surface area contributed by atoms with E-state index in [1.807, 2.05) is 24.3 Å². The highest BCUT2D eigenvalue weighted by atomic mass is 19.1. The van der Waals surface area contributed by atoms with Crippen LogP contribution in [0, 0.1) is 23.1 Å². The first-order valence-corrected chi connectivity index (χ1v) is 9.95. The van der Waals surface area contributed by atoms with E-state index >= 15 is 0 Å². The molecule has 2 aromatic carbocycles. The van der Waals surface area contributed by atoms with Crippen LogP contribution >= 0.6 is 0 Å². The van der Waals surface area contributed by atoms with Crippen LogP contribution < -0.4 is 0 Å². The SMILES string of the molecule is CC1CCC(c2ccc(C3CCc4cc(C#N)ccc4C3)c(F)c2)CC1. The molecule has 2 heteroatoms. The Bertz CT molecular complexity index is 840. The van der Waals surface area contributed by atoms with Crippen molar-refractivity contribution in [2.45, 2.75) is 63.7 Å². The fourth-order valence-electron chi connectivity index (χ4n) is 4.81. The minimum absolute atomic E-state index is 0.0248. The highest BCUT2D eigenvalue weighted by molar-refractivity contribution is 5.41. The minimum atomic E-state index is -0.0248. The van der Waals surface area contributed by atoms with E-state index in [9.17, 15) is 4.39 Å². The summed E-state index contributed by atoms with van der Waals surface area (Å²) >= 11 is 0. The molecule has 0 spiro atoms. The maximum atomic E-state index is 14.9. The second-order valence-corrected chi connectivity index (χ2v) is 8.27. The van der Waals surface area contributed by atoms with Crippen molar-refractivity contribution in [2.75, 3.05) is 0 Å². The number of benzene rings is 2. The van der Waals surface area contributed by atoms with Gasteiger partial charge >= 0.3 is 0 Å². The van der Waals surface area contributed by atoms with Gasteiger partial charge in [-0.2, -0.15) is 5.26 Å². The Hall–Kier alpha value is -2.14. The van der Waals surface area contributed by atoms with Crippen LogP contribution in [0.1, 0.15) is 78.7 Å². The molecular weight excluding hydrogens is 321 g/mol. The zero-order valence-corrected chi connectivity index (χ0v) is 15.5. The van der Waals surface area contributed by atoms with Gasteiger partial charge in [0.1, 0.15) is 5.82 Å². The van der Waals surface area contributed by atoms with Gasteiger partial charge < -0.3 is 0 Å². The summed E-state index contributed by atoms with van der Waals surface area (Å²) in [5.74, 6) is 1.57. The second kappa shape index (κ2) is 7.23. The van der Waals surface area contributed by atoms with Crippen molar-refractivity contribution < 1.29 is 4.39 Å². The van der Waals surface area contributed by atoms with Crippen LogP contribution in [0.3, 0.4) is 0 Å².